The lowest BCUT2D eigenvalue weighted by Crippen LogP contribution is -2.40. The van der Waals surface area contributed by atoms with Crippen molar-refractivity contribution in [1.82, 2.24) is 9.62 Å². The van der Waals surface area contributed by atoms with E-state index in [0.29, 0.717) is 0 Å². The number of benzene rings is 3. The van der Waals surface area contributed by atoms with Crippen LogP contribution < -0.4 is 5.32 Å². The second-order valence-corrected chi connectivity index (χ2v) is 9.39. The van der Waals surface area contributed by atoms with Gasteiger partial charge in [-0.25, -0.2) is 12.8 Å². The minimum atomic E-state index is -4.08. The molecule has 0 aliphatic carbocycles. The summed E-state index contributed by atoms with van der Waals surface area (Å²) in [6.07, 6.45) is 0. The van der Waals surface area contributed by atoms with E-state index in [1.54, 1.807) is 12.1 Å². The Morgan fingerprint density at radius 3 is 2.32 bits per heavy atom. The molecule has 8 heteroatoms. The average molecular weight is 461 g/mol. The summed E-state index contributed by atoms with van der Waals surface area (Å²) in [7, 11) is -4.08. The van der Waals surface area contributed by atoms with Gasteiger partial charge < -0.3 is 5.32 Å². The zero-order valence-corrected chi connectivity index (χ0v) is 18.5. The molecule has 3 aromatic rings. The molecule has 0 aliphatic rings. The molecule has 0 heterocycles. The first-order valence-corrected chi connectivity index (χ1v) is 11.4. The highest BCUT2D eigenvalue weighted by molar-refractivity contribution is 7.89. The van der Waals surface area contributed by atoms with Crippen LogP contribution in [0.15, 0.2) is 77.7 Å². The third kappa shape index (κ3) is 5.91. The summed E-state index contributed by atoms with van der Waals surface area (Å²) in [5, 5.41) is 2.80. The lowest BCUT2D eigenvalue weighted by Gasteiger charge is -2.23. The van der Waals surface area contributed by atoms with Gasteiger partial charge in [-0.1, -0.05) is 65.7 Å². The van der Waals surface area contributed by atoms with E-state index in [9.17, 15) is 17.6 Å². The largest absolute Gasteiger partial charge is 0.351 e. The van der Waals surface area contributed by atoms with Gasteiger partial charge in [0.2, 0.25) is 15.9 Å². The highest BCUT2D eigenvalue weighted by Crippen LogP contribution is 2.24. The molecular weight excluding hydrogens is 439 g/mol. The van der Waals surface area contributed by atoms with Crippen LogP contribution in [0.2, 0.25) is 5.02 Å². The first-order valence-electron chi connectivity index (χ1n) is 9.57. The van der Waals surface area contributed by atoms with Crippen LogP contribution in [0.3, 0.4) is 0 Å². The van der Waals surface area contributed by atoms with Crippen molar-refractivity contribution in [2.24, 2.45) is 0 Å². The van der Waals surface area contributed by atoms with Gasteiger partial charge >= 0.3 is 0 Å². The maximum Gasteiger partial charge on any atom is 0.243 e. The van der Waals surface area contributed by atoms with Crippen LogP contribution in [0.5, 0.6) is 0 Å². The average Bonchev–Trinajstić information content (AvgIpc) is 2.75. The van der Waals surface area contributed by atoms with Crippen LogP contribution in [-0.4, -0.2) is 25.2 Å². The minimum absolute atomic E-state index is 0.00992. The fraction of sp³-hybridized carbons (Fsp3) is 0.174. The molecule has 5 nitrogen and oxygen atoms in total. The van der Waals surface area contributed by atoms with E-state index in [2.05, 4.69) is 5.32 Å². The molecule has 0 atom stereocenters. The van der Waals surface area contributed by atoms with Gasteiger partial charge in [-0.3, -0.25) is 4.79 Å². The van der Waals surface area contributed by atoms with E-state index in [-0.39, 0.29) is 28.6 Å². The molecule has 0 radical (unpaired) electrons. The van der Waals surface area contributed by atoms with Gasteiger partial charge in [0.05, 0.1) is 11.4 Å². The number of nitrogens with one attached hydrogen (secondary N) is 1. The SMILES string of the molecule is Cc1ccc(S(=O)(=O)N(CC(=O)NCc2ccccc2)Cc2c(F)cccc2Cl)cc1. The van der Waals surface area contributed by atoms with Crippen molar-refractivity contribution in [2.45, 2.75) is 24.9 Å². The Morgan fingerprint density at radius 2 is 1.68 bits per heavy atom. The van der Waals surface area contributed by atoms with E-state index < -0.39 is 28.3 Å². The van der Waals surface area contributed by atoms with Gasteiger partial charge in [-0.15, -0.1) is 0 Å². The van der Waals surface area contributed by atoms with Gasteiger partial charge in [-0.05, 0) is 36.8 Å². The number of carbonyl (C=O) groups is 1. The lowest BCUT2D eigenvalue weighted by atomic mass is 10.2. The second kappa shape index (κ2) is 10.0. The van der Waals surface area contributed by atoms with Crippen molar-refractivity contribution in [1.29, 1.82) is 0 Å². The van der Waals surface area contributed by atoms with Crippen molar-refractivity contribution in [3.8, 4) is 0 Å². The van der Waals surface area contributed by atoms with Gasteiger partial charge in [0.1, 0.15) is 5.82 Å². The van der Waals surface area contributed by atoms with Crippen LogP contribution in [-0.2, 0) is 27.9 Å². The quantitative estimate of drug-likeness (QED) is 0.545. The molecular formula is C23H22ClFN2O3S. The Balaban J connectivity index is 1.86. The van der Waals surface area contributed by atoms with Gasteiger partial charge in [0, 0.05) is 23.7 Å². The molecule has 0 aliphatic heterocycles. The number of hydrogen-bond donors (Lipinski definition) is 1. The fourth-order valence-corrected chi connectivity index (χ4v) is 4.54. The van der Waals surface area contributed by atoms with Crippen molar-refractivity contribution >= 4 is 27.5 Å². The van der Waals surface area contributed by atoms with E-state index in [1.165, 1.54) is 30.3 Å². The van der Waals surface area contributed by atoms with E-state index >= 15 is 0 Å². The Hall–Kier alpha value is -2.74. The highest BCUT2D eigenvalue weighted by Gasteiger charge is 2.28. The Bertz CT molecular complexity index is 1130. The molecule has 0 aromatic heterocycles. The summed E-state index contributed by atoms with van der Waals surface area (Å²) in [6.45, 7) is 1.23. The number of hydrogen-bond acceptors (Lipinski definition) is 3. The first-order chi connectivity index (χ1) is 14.8. The monoisotopic (exact) mass is 460 g/mol. The van der Waals surface area contributed by atoms with Crippen LogP contribution in [0.4, 0.5) is 4.39 Å². The topological polar surface area (TPSA) is 66.5 Å². The van der Waals surface area contributed by atoms with Crippen LogP contribution in [0, 0.1) is 12.7 Å². The number of halogens is 2. The summed E-state index contributed by atoms with van der Waals surface area (Å²) in [4.78, 5) is 12.6. The Kier molecular flexibility index (Phi) is 7.43. The predicted molar refractivity (Wildman–Crippen MR) is 118 cm³/mol. The molecule has 162 valence electrons. The summed E-state index contributed by atoms with van der Waals surface area (Å²) in [6, 6.07) is 19.6. The summed E-state index contributed by atoms with van der Waals surface area (Å²) >= 11 is 6.11. The Morgan fingerprint density at radius 1 is 1.00 bits per heavy atom. The maximum atomic E-state index is 14.4. The fourth-order valence-electron chi connectivity index (χ4n) is 2.96. The molecule has 1 N–H and O–H groups in total. The zero-order valence-electron chi connectivity index (χ0n) is 16.9. The van der Waals surface area contributed by atoms with Gasteiger partial charge in [-0.2, -0.15) is 4.31 Å². The number of sulfonamides is 1. The highest BCUT2D eigenvalue weighted by atomic mass is 35.5. The summed E-state index contributed by atoms with van der Waals surface area (Å²) < 4.78 is 41.8. The molecule has 0 bridgehead atoms. The van der Waals surface area contributed by atoms with E-state index in [1.807, 2.05) is 37.3 Å². The molecule has 1 amide bonds. The summed E-state index contributed by atoms with van der Waals surface area (Å²) in [5.74, 6) is -1.15. The van der Waals surface area contributed by atoms with Crippen LogP contribution >= 0.6 is 11.6 Å². The molecule has 0 unspecified atom stereocenters. The van der Waals surface area contributed by atoms with Crippen molar-refractivity contribution in [3.05, 3.63) is 100 Å². The number of carbonyl (C=O) groups excluding carboxylic acids is 1. The molecule has 0 fully saturated rings. The summed E-state index contributed by atoms with van der Waals surface area (Å²) in [5.41, 5.74) is 1.78. The van der Waals surface area contributed by atoms with Crippen LogP contribution in [0.1, 0.15) is 16.7 Å². The normalized spacial score (nSPS) is 11.5. The van der Waals surface area contributed by atoms with Gasteiger partial charge in [0.15, 0.2) is 0 Å². The lowest BCUT2D eigenvalue weighted by molar-refractivity contribution is -0.121. The second-order valence-electron chi connectivity index (χ2n) is 7.05. The molecule has 31 heavy (non-hydrogen) atoms. The van der Waals surface area contributed by atoms with Gasteiger partial charge in [0.25, 0.3) is 0 Å². The third-order valence-electron chi connectivity index (χ3n) is 4.71. The predicted octanol–water partition coefficient (Wildman–Crippen LogP) is 4.29. The van der Waals surface area contributed by atoms with Crippen LogP contribution in [0.25, 0.3) is 0 Å². The number of rotatable bonds is 8. The maximum absolute atomic E-state index is 14.4. The van der Waals surface area contributed by atoms with Crippen molar-refractivity contribution < 1.29 is 17.6 Å². The third-order valence-corrected chi connectivity index (χ3v) is 6.87. The molecule has 0 spiro atoms. The van der Waals surface area contributed by atoms with Crippen molar-refractivity contribution in [2.75, 3.05) is 6.54 Å². The van der Waals surface area contributed by atoms with E-state index in [0.717, 1.165) is 15.4 Å². The number of nitrogens with zero attached hydrogens (tertiary/aromatic N) is 1. The number of amides is 1. The molecule has 0 saturated carbocycles. The smallest absolute Gasteiger partial charge is 0.243 e. The number of aryl methyl sites for hydroxylation is 1. The molecule has 3 rings (SSSR count). The minimum Gasteiger partial charge on any atom is -0.351 e. The van der Waals surface area contributed by atoms with Crippen molar-refractivity contribution in [3.63, 3.8) is 0 Å². The standard InChI is InChI=1S/C23H22ClFN2O3S/c1-17-10-12-19(13-11-17)31(29,30)27(15-20-21(24)8-5-9-22(20)25)16-23(28)26-14-18-6-3-2-4-7-18/h2-13H,14-16H2,1H3,(H,26,28). The van der Waals surface area contributed by atoms with E-state index in [4.69, 9.17) is 11.6 Å². The Labute approximate surface area is 186 Å². The first kappa shape index (κ1) is 22.9. The molecule has 3 aromatic carbocycles. The zero-order chi connectivity index (χ0) is 22.4. The molecule has 0 saturated heterocycles.